The molecule has 0 aliphatic carbocycles. The largest absolute Gasteiger partial charge is 0.467 e. The first-order chi connectivity index (χ1) is 16.7. The Bertz CT molecular complexity index is 1220. The first-order valence-electron chi connectivity index (χ1n) is 10.4. The van der Waals surface area contributed by atoms with E-state index in [9.17, 15) is 22.8 Å². The van der Waals surface area contributed by atoms with Gasteiger partial charge in [-0.2, -0.15) is 13.2 Å². The van der Waals surface area contributed by atoms with Crippen LogP contribution in [0.15, 0.2) is 42.5 Å². The van der Waals surface area contributed by atoms with Crippen molar-refractivity contribution in [2.24, 2.45) is 11.7 Å². The Balaban J connectivity index is 1.47. The second kappa shape index (κ2) is 9.91. The van der Waals surface area contributed by atoms with E-state index in [1.54, 1.807) is 24.3 Å². The number of primary amides is 1. The highest BCUT2D eigenvalue weighted by atomic mass is 19.4. The van der Waals surface area contributed by atoms with E-state index >= 15 is 0 Å². The minimum Gasteiger partial charge on any atom is -0.467 e. The third kappa shape index (κ3) is 6.40. The molecule has 35 heavy (non-hydrogen) atoms. The number of nitrogens with two attached hydrogens (primary N) is 1. The predicted molar refractivity (Wildman–Crippen MR) is 114 cm³/mol. The summed E-state index contributed by atoms with van der Waals surface area (Å²) in [5, 5.41) is 9.98. The van der Waals surface area contributed by atoms with Crippen molar-refractivity contribution in [3.63, 3.8) is 0 Å². The van der Waals surface area contributed by atoms with Crippen LogP contribution in [0.5, 0.6) is 17.5 Å². The molecule has 0 saturated carbocycles. The zero-order valence-corrected chi connectivity index (χ0v) is 18.1. The van der Waals surface area contributed by atoms with Crippen LogP contribution >= 0.6 is 0 Å². The average molecular weight is 488 g/mol. The zero-order valence-electron chi connectivity index (χ0n) is 18.1. The van der Waals surface area contributed by atoms with Crippen LogP contribution in [0.3, 0.4) is 0 Å². The Hall–Kier alpha value is -4.29. The van der Waals surface area contributed by atoms with Crippen LogP contribution in [-0.2, 0) is 11.2 Å². The number of carbonyl (C=O) groups excluding carboxylic acids is 2. The Labute approximate surface area is 196 Å². The molecule has 1 saturated heterocycles. The minimum absolute atomic E-state index is 0.0341. The lowest BCUT2D eigenvalue weighted by atomic mass is 10.0. The second-order valence-corrected chi connectivity index (χ2v) is 7.65. The van der Waals surface area contributed by atoms with Gasteiger partial charge < -0.3 is 20.5 Å². The number of amides is 2. The molecule has 3 heterocycles. The summed E-state index contributed by atoms with van der Waals surface area (Å²) in [5.74, 6) is -0.639. The number of benzene rings is 1. The monoisotopic (exact) mass is 488 g/mol. The van der Waals surface area contributed by atoms with Gasteiger partial charge in [-0.3, -0.25) is 9.59 Å². The normalized spacial score (nSPS) is 15.5. The number of hydrogen-bond donors (Lipinski definition) is 2. The van der Waals surface area contributed by atoms with Crippen molar-refractivity contribution in [3.8, 4) is 28.9 Å². The third-order valence-corrected chi connectivity index (χ3v) is 4.98. The predicted octanol–water partition coefficient (Wildman–Crippen LogP) is 2.44. The summed E-state index contributed by atoms with van der Waals surface area (Å²) in [7, 11) is 0. The number of nitrogens with one attached hydrogen (secondary N) is 1. The van der Waals surface area contributed by atoms with Gasteiger partial charge in [0.2, 0.25) is 17.7 Å². The topological polar surface area (TPSA) is 142 Å². The van der Waals surface area contributed by atoms with Gasteiger partial charge in [0.15, 0.2) is 12.4 Å². The van der Waals surface area contributed by atoms with Gasteiger partial charge in [-0.15, -0.1) is 10.2 Å². The molecule has 0 unspecified atom stereocenters. The summed E-state index contributed by atoms with van der Waals surface area (Å²) < 4.78 is 46.7. The van der Waals surface area contributed by atoms with Crippen molar-refractivity contribution in [1.29, 1.82) is 0 Å². The van der Waals surface area contributed by atoms with Crippen LogP contribution < -0.4 is 20.5 Å². The Kier molecular flexibility index (Phi) is 6.75. The van der Waals surface area contributed by atoms with Crippen molar-refractivity contribution in [3.05, 3.63) is 53.9 Å². The van der Waals surface area contributed by atoms with Crippen LogP contribution in [-0.4, -0.2) is 51.3 Å². The standard InChI is InChI=1S/C22H19F3N6O4/c23-22(24,25)11-34-17-5-6-18(31-30-17)35-15-3-1-12(2-4-15)20-28-14(10-16(29-20)19(26)32)9-13-7-8-27-21(13)33/h1-6,10,13H,7-9,11H2,(H2,26,32)(H,27,33)/t13-/m1/s1. The molecule has 3 aromatic rings. The lowest BCUT2D eigenvalue weighted by molar-refractivity contribution is -0.154. The molecular formula is C22H19F3N6O4. The summed E-state index contributed by atoms with van der Waals surface area (Å²) in [6.07, 6.45) is -3.45. The number of halogens is 3. The maximum Gasteiger partial charge on any atom is 0.422 e. The molecule has 2 aromatic heterocycles. The maximum atomic E-state index is 12.2. The number of ether oxygens (including phenoxy) is 2. The molecule has 182 valence electrons. The van der Waals surface area contributed by atoms with Crippen LogP contribution in [0.2, 0.25) is 0 Å². The lowest BCUT2D eigenvalue weighted by Crippen LogP contribution is -2.21. The van der Waals surface area contributed by atoms with Crippen LogP contribution in [0.25, 0.3) is 11.4 Å². The van der Waals surface area contributed by atoms with Gasteiger partial charge in [0, 0.05) is 42.3 Å². The number of rotatable bonds is 8. The second-order valence-electron chi connectivity index (χ2n) is 7.65. The van der Waals surface area contributed by atoms with E-state index in [0.717, 1.165) is 0 Å². The molecule has 2 amide bonds. The number of alkyl halides is 3. The number of hydrogen-bond acceptors (Lipinski definition) is 8. The maximum absolute atomic E-state index is 12.2. The van der Waals surface area contributed by atoms with Crippen molar-refractivity contribution in [2.45, 2.75) is 19.0 Å². The van der Waals surface area contributed by atoms with Gasteiger partial charge in [-0.25, -0.2) is 9.97 Å². The Morgan fingerprint density at radius 1 is 1.09 bits per heavy atom. The van der Waals surface area contributed by atoms with E-state index in [4.69, 9.17) is 10.5 Å². The van der Waals surface area contributed by atoms with Crippen molar-refractivity contribution in [2.75, 3.05) is 13.2 Å². The molecule has 1 aliphatic heterocycles. The van der Waals surface area contributed by atoms with Gasteiger partial charge in [0.1, 0.15) is 11.4 Å². The van der Waals surface area contributed by atoms with Crippen LogP contribution in [0.1, 0.15) is 22.6 Å². The third-order valence-electron chi connectivity index (χ3n) is 4.98. The van der Waals surface area contributed by atoms with E-state index in [1.165, 1.54) is 18.2 Å². The summed E-state index contributed by atoms with van der Waals surface area (Å²) in [6, 6.07) is 10.5. The fourth-order valence-electron chi connectivity index (χ4n) is 3.34. The number of nitrogens with zero attached hydrogens (tertiary/aromatic N) is 4. The zero-order chi connectivity index (χ0) is 25.0. The molecule has 4 rings (SSSR count). The molecule has 10 nitrogen and oxygen atoms in total. The van der Waals surface area contributed by atoms with Gasteiger partial charge >= 0.3 is 6.18 Å². The molecule has 0 spiro atoms. The molecule has 1 aromatic carbocycles. The van der Waals surface area contributed by atoms with Crippen molar-refractivity contribution >= 4 is 11.8 Å². The van der Waals surface area contributed by atoms with E-state index < -0.39 is 18.7 Å². The van der Waals surface area contributed by atoms with E-state index in [-0.39, 0.29) is 35.1 Å². The van der Waals surface area contributed by atoms with E-state index in [1.807, 2.05) is 0 Å². The molecule has 1 aliphatic rings. The minimum atomic E-state index is -4.48. The van der Waals surface area contributed by atoms with Gasteiger partial charge in [-0.05, 0) is 36.8 Å². The lowest BCUT2D eigenvalue weighted by Gasteiger charge is -2.10. The molecular weight excluding hydrogens is 469 g/mol. The fraction of sp³-hybridized carbons (Fsp3) is 0.273. The summed E-state index contributed by atoms with van der Waals surface area (Å²) in [5.41, 5.74) is 6.55. The van der Waals surface area contributed by atoms with Gasteiger partial charge in [0.05, 0.1) is 0 Å². The Morgan fingerprint density at radius 3 is 2.40 bits per heavy atom. The smallest absolute Gasteiger partial charge is 0.422 e. The Morgan fingerprint density at radius 2 is 1.80 bits per heavy atom. The summed E-state index contributed by atoms with van der Waals surface area (Å²) >= 11 is 0. The summed E-state index contributed by atoms with van der Waals surface area (Å²) in [4.78, 5) is 32.4. The quantitative estimate of drug-likeness (QED) is 0.492. The SMILES string of the molecule is NC(=O)c1cc(C[C@H]2CCNC2=O)nc(-c2ccc(Oc3ccc(OCC(F)(F)F)nn3)cc2)n1. The van der Waals surface area contributed by atoms with Crippen LogP contribution in [0.4, 0.5) is 13.2 Å². The van der Waals surface area contributed by atoms with Crippen LogP contribution in [0, 0.1) is 5.92 Å². The van der Waals surface area contributed by atoms with Crippen molar-refractivity contribution in [1.82, 2.24) is 25.5 Å². The number of carbonyl (C=O) groups is 2. The number of aromatic nitrogens is 4. The first-order valence-corrected chi connectivity index (χ1v) is 10.4. The molecule has 0 bridgehead atoms. The van der Waals surface area contributed by atoms with E-state index in [0.29, 0.717) is 36.4 Å². The molecule has 1 atom stereocenters. The fourth-order valence-corrected chi connectivity index (χ4v) is 3.34. The first kappa shape index (κ1) is 23.9. The summed E-state index contributed by atoms with van der Waals surface area (Å²) in [6.45, 7) is -0.878. The van der Waals surface area contributed by atoms with Crippen molar-refractivity contribution < 1.29 is 32.2 Å². The average Bonchev–Trinajstić information content (AvgIpc) is 3.22. The van der Waals surface area contributed by atoms with Gasteiger partial charge in [-0.1, -0.05) is 0 Å². The molecule has 1 fully saturated rings. The highest BCUT2D eigenvalue weighted by molar-refractivity contribution is 5.91. The molecule has 13 heteroatoms. The molecule has 3 N–H and O–H groups in total. The molecule has 0 radical (unpaired) electrons. The van der Waals surface area contributed by atoms with Gasteiger partial charge in [0.25, 0.3) is 5.91 Å². The highest BCUT2D eigenvalue weighted by Crippen LogP contribution is 2.25. The highest BCUT2D eigenvalue weighted by Gasteiger charge is 2.29. The van der Waals surface area contributed by atoms with E-state index in [2.05, 4.69) is 30.2 Å².